The van der Waals surface area contributed by atoms with E-state index in [1.165, 1.54) is 23.3 Å². The van der Waals surface area contributed by atoms with E-state index in [0.29, 0.717) is 0 Å². The molecule has 184 valence electrons. The van der Waals surface area contributed by atoms with Crippen molar-refractivity contribution in [3.05, 3.63) is 64.3 Å². The van der Waals surface area contributed by atoms with E-state index in [4.69, 9.17) is 14.7 Å². The normalized spacial score (nSPS) is 16.0. The fraction of sp³-hybridized carbons (Fsp3) is 0.444. The van der Waals surface area contributed by atoms with Crippen LogP contribution in [-0.2, 0) is 13.6 Å². The molecule has 1 N–H and O–H groups in total. The molecule has 1 aromatic carbocycles. The number of thiophene rings is 1. The highest BCUT2D eigenvalue weighted by atomic mass is 32.1. The van der Waals surface area contributed by atoms with Crippen molar-refractivity contribution in [3.8, 4) is 5.75 Å². The molecule has 1 atom stereocenters. The molecule has 1 fully saturated rings. The Labute approximate surface area is 211 Å². The Morgan fingerprint density at radius 1 is 1.20 bits per heavy atom. The lowest BCUT2D eigenvalue weighted by atomic mass is 9.99. The zero-order chi connectivity index (χ0) is 24.5. The minimum absolute atomic E-state index is 0.188. The van der Waals surface area contributed by atoms with Crippen LogP contribution in [0.3, 0.4) is 0 Å². The van der Waals surface area contributed by atoms with Crippen molar-refractivity contribution in [2.75, 3.05) is 25.5 Å². The molecule has 0 amide bonds. The highest BCUT2D eigenvalue weighted by Crippen LogP contribution is 2.36. The summed E-state index contributed by atoms with van der Waals surface area (Å²) in [6, 6.07) is 7.96. The van der Waals surface area contributed by atoms with Crippen molar-refractivity contribution in [1.29, 1.82) is 0 Å². The van der Waals surface area contributed by atoms with Crippen molar-refractivity contribution in [2.45, 2.75) is 46.2 Å². The monoisotopic (exact) mass is 490 g/mol. The minimum Gasteiger partial charge on any atom is -0.497 e. The molecule has 1 aliphatic heterocycles. The number of anilines is 1. The molecular formula is C27H34N6OS. The highest BCUT2D eigenvalue weighted by molar-refractivity contribution is 7.18. The number of ether oxygens (including phenoxy) is 1. The lowest BCUT2D eigenvalue weighted by molar-refractivity contribution is 0.181. The topological polar surface area (TPSA) is 68.1 Å². The molecule has 0 aliphatic carbocycles. The van der Waals surface area contributed by atoms with Gasteiger partial charge in [-0.15, -0.1) is 11.3 Å². The second-order valence-corrected chi connectivity index (χ2v) is 10.9. The van der Waals surface area contributed by atoms with E-state index in [1.807, 2.05) is 31.6 Å². The van der Waals surface area contributed by atoms with Gasteiger partial charge in [0.25, 0.3) is 0 Å². The summed E-state index contributed by atoms with van der Waals surface area (Å²) in [5, 5.41) is 4.87. The zero-order valence-corrected chi connectivity index (χ0v) is 22.0. The van der Waals surface area contributed by atoms with Crippen LogP contribution in [0.1, 0.15) is 53.5 Å². The summed E-state index contributed by atoms with van der Waals surface area (Å²) in [5.41, 5.74) is 2.30. The van der Waals surface area contributed by atoms with Crippen LogP contribution in [0.15, 0.2) is 36.7 Å². The number of imidazole rings is 1. The molecule has 35 heavy (non-hydrogen) atoms. The summed E-state index contributed by atoms with van der Waals surface area (Å²) in [6.45, 7) is 9.65. The molecule has 0 spiro atoms. The SMILES string of the molecule is COc1cccc(C(Nc2nc(CN3CCC(C)CC3)nc3sc(C)c(C)c23)c2nccn2C)c1. The third-order valence-electron chi connectivity index (χ3n) is 7.14. The van der Waals surface area contributed by atoms with Gasteiger partial charge in [0.1, 0.15) is 34.1 Å². The van der Waals surface area contributed by atoms with Gasteiger partial charge in [-0.1, -0.05) is 19.1 Å². The van der Waals surface area contributed by atoms with E-state index < -0.39 is 0 Å². The largest absolute Gasteiger partial charge is 0.497 e. The number of piperidine rings is 1. The first-order chi connectivity index (χ1) is 16.9. The third kappa shape index (κ3) is 4.90. The number of likely N-dealkylation sites (tertiary alicyclic amines) is 1. The number of nitrogens with zero attached hydrogens (tertiary/aromatic N) is 5. The summed E-state index contributed by atoms with van der Waals surface area (Å²) in [5.74, 6) is 4.28. The fourth-order valence-electron chi connectivity index (χ4n) is 4.80. The van der Waals surface area contributed by atoms with E-state index >= 15 is 0 Å². The molecule has 1 unspecified atom stereocenters. The first kappa shape index (κ1) is 23.8. The second kappa shape index (κ2) is 9.95. The average molecular weight is 491 g/mol. The van der Waals surface area contributed by atoms with Gasteiger partial charge in [0.2, 0.25) is 0 Å². The molecule has 1 saturated heterocycles. The van der Waals surface area contributed by atoms with Crippen molar-refractivity contribution in [3.63, 3.8) is 0 Å². The van der Waals surface area contributed by atoms with Crippen LogP contribution >= 0.6 is 11.3 Å². The molecule has 3 aromatic heterocycles. The van der Waals surface area contributed by atoms with Gasteiger partial charge < -0.3 is 14.6 Å². The lowest BCUT2D eigenvalue weighted by Crippen LogP contribution is -2.33. The number of aromatic nitrogens is 4. The van der Waals surface area contributed by atoms with Gasteiger partial charge in [-0.2, -0.15) is 0 Å². The standard InChI is InChI=1S/C27H34N6OS/c1-17-9-12-33(13-10-17)16-22-29-25(23-18(2)19(3)35-27(23)30-22)31-24(26-28-11-14-32(26)4)20-7-6-8-21(15-20)34-5/h6-8,11,14-15,17,24H,9-10,12-13,16H2,1-5H3,(H,29,30,31). The Balaban J connectivity index is 1.57. The number of hydrogen-bond donors (Lipinski definition) is 1. The highest BCUT2D eigenvalue weighted by Gasteiger charge is 2.24. The maximum Gasteiger partial charge on any atom is 0.146 e. The molecule has 7 nitrogen and oxygen atoms in total. The van der Waals surface area contributed by atoms with E-state index in [1.54, 1.807) is 18.4 Å². The Morgan fingerprint density at radius 3 is 2.71 bits per heavy atom. The van der Waals surface area contributed by atoms with Gasteiger partial charge in [-0.25, -0.2) is 15.0 Å². The molecule has 1 aliphatic rings. The first-order valence-corrected chi connectivity index (χ1v) is 13.1. The van der Waals surface area contributed by atoms with Crippen molar-refractivity contribution >= 4 is 27.4 Å². The smallest absolute Gasteiger partial charge is 0.146 e. The van der Waals surface area contributed by atoms with Gasteiger partial charge in [0.05, 0.1) is 19.0 Å². The molecule has 4 aromatic rings. The number of aryl methyl sites for hydroxylation is 3. The molecule has 0 saturated carbocycles. The van der Waals surface area contributed by atoms with Crippen LogP contribution in [0.5, 0.6) is 5.75 Å². The van der Waals surface area contributed by atoms with Crippen molar-refractivity contribution in [1.82, 2.24) is 24.4 Å². The molecule has 4 heterocycles. The number of hydrogen-bond acceptors (Lipinski definition) is 7. The van der Waals surface area contributed by atoms with Crippen LogP contribution in [0, 0.1) is 19.8 Å². The summed E-state index contributed by atoms with van der Waals surface area (Å²) in [4.78, 5) is 19.6. The first-order valence-electron chi connectivity index (χ1n) is 12.3. The maximum absolute atomic E-state index is 5.52. The summed E-state index contributed by atoms with van der Waals surface area (Å²) >= 11 is 1.75. The Morgan fingerprint density at radius 2 is 2.00 bits per heavy atom. The Bertz CT molecular complexity index is 1320. The van der Waals surface area contributed by atoms with E-state index in [9.17, 15) is 0 Å². The number of rotatable bonds is 7. The maximum atomic E-state index is 5.52. The molecule has 0 bridgehead atoms. The zero-order valence-electron chi connectivity index (χ0n) is 21.2. The van der Waals surface area contributed by atoms with Gasteiger partial charge in [0, 0.05) is 24.3 Å². The molecule has 0 radical (unpaired) electrons. The molecule has 5 rings (SSSR count). The van der Waals surface area contributed by atoms with Gasteiger partial charge in [0.15, 0.2) is 0 Å². The lowest BCUT2D eigenvalue weighted by Gasteiger charge is -2.29. The van der Waals surface area contributed by atoms with E-state index in [2.05, 4.69) is 52.7 Å². The molecular weight excluding hydrogens is 456 g/mol. The van der Waals surface area contributed by atoms with Gasteiger partial charge >= 0.3 is 0 Å². The minimum atomic E-state index is -0.188. The van der Waals surface area contributed by atoms with Crippen LogP contribution in [0.2, 0.25) is 0 Å². The van der Waals surface area contributed by atoms with Crippen LogP contribution < -0.4 is 10.1 Å². The fourth-order valence-corrected chi connectivity index (χ4v) is 5.85. The Kier molecular flexibility index (Phi) is 6.75. The Hall–Kier alpha value is -2.97. The summed E-state index contributed by atoms with van der Waals surface area (Å²) in [6.07, 6.45) is 6.29. The van der Waals surface area contributed by atoms with Crippen LogP contribution in [-0.4, -0.2) is 44.6 Å². The average Bonchev–Trinajstić information content (AvgIpc) is 3.41. The van der Waals surface area contributed by atoms with Crippen molar-refractivity contribution < 1.29 is 4.74 Å². The predicted molar refractivity (Wildman–Crippen MR) is 142 cm³/mol. The van der Waals surface area contributed by atoms with Crippen LogP contribution in [0.4, 0.5) is 5.82 Å². The van der Waals surface area contributed by atoms with E-state index in [0.717, 1.165) is 64.5 Å². The third-order valence-corrected chi connectivity index (χ3v) is 8.24. The summed E-state index contributed by atoms with van der Waals surface area (Å²) in [7, 11) is 3.72. The van der Waals surface area contributed by atoms with Crippen LogP contribution in [0.25, 0.3) is 10.2 Å². The predicted octanol–water partition coefficient (Wildman–Crippen LogP) is 5.48. The number of benzene rings is 1. The number of nitrogens with one attached hydrogen (secondary N) is 1. The van der Waals surface area contributed by atoms with E-state index in [-0.39, 0.29) is 6.04 Å². The number of methoxy groups -OCH3 is 1. The van der Waals surface area contributed by atoms with Crippen molar-refractivity contribution in [2.24, 2.45) is 13.0 Å². The quantitative estimate of drug-likeness (QED) is 0.370. The number of fused-ring (bicyclic) bond motifs is 1. The van der Waals surface area contributed by atoms with Gasteiger partial charge in [-0.05, 0) is 69.0 Å². The summed E-state index contributed by atoms with van der Waals surface area (Å²) < 4.78 is 7.57. The second-order valence-electron chi connectivity index (χ2n) is 9.66. The molecule has 8 heteroatoms. The van der Waals surface area contributed by atoms with Gasteiger partial charge in [-0.3, -0.25) is 4.90 Å².